The van der Waals surface area contributed by atoms with Crippen LogP contribution in [0.3, 0.4) is 0 Å². The van der Waals surface area contributed by atoms with Gasteiger partial charge in [0.1, 0.15) is 0 Å². The Morgan fingerprint density at radius 3 is 2.71 bits per heavy atom. The minimum atomic E-state index is 0.123. The van der Waals surface area contributed by atoms with Crippen LogP contribution < -0.4 is 10.2 Å². The summed E-state index contributed by atoms with van der Waals surface area (Å²) in [5.41, 5.74) is 2.44. The fourth-order valence-electron chi connectivity index (χ4n) is 1.92. The summed E-state index contributed by atoms with van der Waals surface area (Å²) < 4.78 is 0. The predicted octanol–water partition coefficient (Wildman–Crippen LogP) is 3.37. The highest BCUT2D eigenvalue weighted by Crippen LogP contribution is 2.26. The van der Waals surface area contributed by atoms with Crippen molar-refractivity contribution in [3.05, 3.63) is 40.7 Å². The van der Waals surface area contributed by atoms with Gasteiger partial charge in [0, 0.05) is 42.9 Å². The van der Waals surface area contributed by atoms with Crippen LogP contribution in [0.5, 0.6) is 0 Å². The molecule has 4 nitrogen and oxygen atoms in total. The molecule has 0 saturated carbocycles. The molecule has 2 aromatic rings. The van der Waals surface area contributed by atoms with Gasteiger partial charge < -0.3 is 10.2 Å². The summed E-state index contributed by atoms with van der Waals surface area (Å²) in [6.45, 7) is 10.3. The van der Waals surface area contributed by atoms with Crippen LogP contribution in [0.15, 0.2) is 24.5 Å². The number of rotatable bonds is 5. The number of nitrogens with one attached hydrogen (secondary N) is 1. The zero-order valence-electron chi connectivity index (χ0n) is 13.5. The fourth-order valence-corrected chi connectivity index (χ4v) is 2.88. The molecule has 2 rings (SSSR count). The monoisotopic (exact) mass is 304 g/mol. The van der Waals surface area contributed by atoms with Gasteiger partial charge in [-0.25, -0.2) is 4.98 Å². The van der Waals surface area contributed by atoms with Crippen LogP contribution in [0.2, 0.25) is 0 Å². The Morgan fingerprint density at radius 2 is 2.10 bits per heavy atom. The Bertz CT molecular complexity index is 572. The molecule has 1 N–H and O–H groups in total. The van der Waals surface area contributed by atoms with Gasteiger partial charge in [-0.05, 0) is 39.3 Å². The summed E-state index contributed by atoms with van der Waals surface area (Å²) in [4.78, 5) is 12.3. The van der Waals surface area contributed by atoms with Crippen molar-refractivity contribution in [1.29, 1.82) is 0 Å². The maximum atomic E-state index is 4.69. The largest absolute Gasteiger partial charge is 0.347 e. The SMILES string of the molecule is Cc1nc(N(C)Cc2cccnc2)sc1CNC(C)(C)C. The molecule has 0 aliphatic rings. The smallest absolute Gasteiger partial charge is 0.185 e. The Kier molecular flexibility index (Phi) is 4.96. The average molecular weight is 304 g/mol. The summed E-state index contributed by atoms with van der Waals surface area (Å²) in [5, 5.41) is 4.58. The van der Waals surface area contributed by atoms with E-state index >= 15 is 0 Å². The maximum Gasteiger partial charge on any atom is 0.185 e. The van der Waals surface area contributed by atoms with Crippen molar-refractivity contribution in [3.63, 3.8) is 0 Å². The lowest BCUT2D eigenvalue weighted by molar-refractivity contribution is 0.425. The normalized spacial score (nSPS) is 11.7. The van der Waals surface area contributed by atoms with Gasteiger partial charge >= 0.3 is 0 Å². The lowest BCUT2D eigenvalue weighted by Crippen LogP contribution is -2.34. The van der Waals surface area contributed by atoms with E-state index < -0.39 is 0 Å². The Labute approximate surface area is 131 Å². The maximum absolute atomic E-state index is 4.69. The van der Waals surface area contributed by atoms with Crippen LogP contribution in [0.4, 0.5) is 5.13 Å². The third-order valence-electron chi connectivity index (χ3n) is 3.13. The van der Waals surface area contributed by atoms with Crippen LogP contribution in [0.25, 0.3) is 0 Å². The van der Waals surface area contributed by atoms with Crippen LogP contribution in [-0.4, -0.2) is 22.6 Å². The number of nitrogens with zero attached hydrogens (tertiary/aromatic N) is 3. The molecule has 0 aliphatic carbocycles. The van der Waals surface area contributed by atoms with Crippen LogP contribution in [0.1, 0.15) is 36.9 Å². The van der Waals surface area contributed by atoms with Gasteiger partial charge in [0.2, 0.25) is 0 Å². The van der Waals surface area contributed by atoms with Crippen molar-refractivity contribution >= 4 is 16.5 Å². The molecule has 0 unspecified atom stereocenters. The molecule has 0 aliphatic heterocycles. The quantitative estimate of drug-likeness (QED) is 0.919. The van der Waals surface area contributed by atoms with Crippen molar-refractivity contribution in [2.45, 2.75) is 46.3 Å². The standard InChI is InChI=1S/C16H24N4S/c1-12-14(10-18-16(2,3)4)21-15(19-12)20(5)11-13-7-6-8-17-9-13/h6-9,18H,10-11H2,1-5H3. The van der Waals surface area contributed by atoms with Crippen molar-refractivity contribution in [1.82, 2.24) is 15.3 Å². The summed E-state index contributed by atoms with van der Waals surface area (Å²) in [5.74, 6) is 0. The van der Waals surface area contributed by atoms with E-state index in [4.69, 9.17) is 4.98 Å². The Morgan fingerprint density at radius 1 is 1.33 bits per heavy atom. The van der Waals surface area contributed by atoms with E-state index in [1.54, 1.807) is 17.5 Å². The number of pyridine rings is 1. The second-order valence-corrected chi connectivity index (χ2v) is 7.39. The lowest BCUT2D eigenvalue weighted by Gasteiger charge is -2.20. The molecule has 0 spiro atoms. The molecule has 0 amide bonds. The van der Waals surface area contributed by atoms with Gasteiger partial charge in [-0.15, -0.1) is 11.3 Å². The van der Waals surface area contributed by atoms with Crippen molar-refractivity contribution in [3.8, 4) is 0 Å². The van der Waals surface area contributed by atoms with Gasteiger partial charge in [0.15, 0.2) is 5.13 Å². The lowest BCUT2D eigenvalue weighted by atomic mass is 10.1. The van der Waals surface area contributed by atoms with E-state index in [1.807, 2.05) is 12.3 Å². The van der Waals surface area contributed by atoms with Crippen LogP contribution in [-0.2, 0) is 13.1 Å². The molecule has 0 aromatic carbocycles. The van der Waals surface area contributed by atoms with E-state index in [0.29, 0.717) is 0 Å². The minimum absolute atomic E-state index is 0.123. The number of hydrogen-bond acceptors (Lipinski definition) is 5. The number of thiazole rings is 1. The first-order valence-electron chi connectivity index (χ1n) is 7.16. The highest BCUT2D eigenvalue weighted by atomic mass is 32.1. The summed E-state index contributed by atoms with van der Waals surface area (Å²) >= 11 is 1.76. The summed E-state index contributed by atoms with van der Waals surface area (Å²) in [6.07, 6.45) is 3.70. The molecule has 0 atom stereocenters. The average Bonchev–Trinajstić information content (AvgIpc) is 2.78. The van der Waals surface area contributed by atoms with Gasteiger partial charge in [-0.3, -0.25) is 4.98 Å². The molecular weight excluding hydrogens is 280 g/mol. The van der Waals surface area contributed by atoms with Gasteiger partial charge in [-0.2, -0.15) is 0 Å². The van der Waals surface area contributed by atoms with E-state index in [2.05, 4.69) is 56.0 Å². The van der Waals surface area contributed by atoms with E-state index in [1.165, 1.54) is 10.4 Å². The van der Waals surface area contributed by atoms with E-state index in [-0.39, 0.29) is 5.54 Å². The Hall–Kier alpha value is -1.46. The first-order valence-corrected chi connectivity index (χ1v) is 7.98. The molecule has 0 radical (unpaired) electrons. The molecule has 2 heterocycles. The van der Waals surface area contributed by atoms with Gasteiger partial charge in [-0.1, -0.05) is 6.07 Å². The first kappa shape index (κ1) is 15.9. The molecule has 0 bridgehead atoms. The van der Waals surface area contributed by atoms with E-state index in [0.717, 1.165) is 23.9 Å². The highest BCUT2D eigenvalue weighted by Gasteiger charge is 2.14. The number of aryl methyl sites for hydroxylation is 1. The fraction of sp³-hybridized carbons (Fsp3) is 0.500. The minimum Gasteiger partial charge on any atom is -0.347 e. The summed E-state index contributed by atoms with van der Waals surface area (Å²) in [7, 11) is 2.08. The van der Waals surface area contributed by atoms with Crippen LogP contribution >= 0.6 is 11.3 Å². The number of anilines is 1. The second-order valence-electron chi connectivity index (χ2n) is 6.33. The van der Waals surface area contributed by atoms with Crippen molar-refractivity contribution < 1.29 is 0 Å². The molecule has 114 valence electrons. The third kappa shape index (κ3) is 4.79. The molecule has 0 saturated heterocycles. The molecule has 2 aromatic heterocycles. The van der Waals surface area contributed by atoms with E-state index in [9.17, 15) is 0 Å². The zero-order valence-corrected chi connectivity index (χ0v) is 14.3. The highest BCUT2D eigenvalue weighted by molar-refractivity contribution is 7.15. The number of hydrogen-bond donors (Lipinski definition) is 1. The predicted molar refractivity (Wildman–Crippen MR) is 89.8 cm³/mol. The van der Waals surface area contributed by atoms with Gasteiger partial charge in [0.05, 0.1) is 5.69 Å². The second kappa shape index (κ2) is 6.54. The first-order chi connectivity index (χ1) is 9.85. The molecule has 5 heteroatoms. The zero-order chi connectivity index (χ0) is 15.5. The summed E-state index contributed by atoms with van der Waals surface area (Å²) in [6, 6.07) is 4.06. The topological polar surface area (TPSA) is 41.1 Å². The number of aromatic nitrogens is 2. The van der Waals surface area contributed by atoms with Crippen LogP contribution in [0, 0.1) is 6.92 Å². The van der Waals surface area contributed by atoms with Crippen molar-refractivity contribution in [2.75, 3.05) is 11.9 Å². The molecule has 0 fully saturated rings. The van der Waals surface area contributed by atoms with Crippen molar-refractivity contribution in [2.24, 2.45) is 0 Å². The third-order valence-corrected chi connectivity index (χ3v) is 4.40. The Balaban J connectivity index is 2.04. The molecular formula is C16H24N4S. The molecule has 21 heavy (non-hydrogen) atoms. The van der Waals surface area contributed by atoms with Gasteiger partial charge in [0.25, 0.3) is 0 Å².